The van der Waals surface area contributed by atoms with Crippen molar-refractivity contribution < 1.29 is 15.0 Å². The van der Waals surface area contributed by atoms with Gasteiger partial charge in [0.2, 0.25) is 0 Å². The van der Waals surface area contributed by atoms with E-state index < -0.39 is 11.6 Å². The Hall–Kier alpha value is -1.75. The minimum Gasteiger partial charge on any atom is -0.508 e. The number of nitrogens with one attached hydrogen (secondary N) is 1. The highest BCUT2D eigenvalue weighted by atomic mass is 16.4. The molecule has 0 spiro atoms. The van der Waals surface area contributed by atoms with Crippen LogP contribution in [0.5, 0.6) is 5.75 Å². The fourth-order valence-corrected chi connectivity index (χ4v) is 1.38. The molecule has 0 aliphatic rings. The molecule has 3 N–H and O–H groups in total. The number of carbonyl (C=O) groups is 1. The number of hydrogen-bond acceptors (Lipinski definition) is 3. The van der Waals surface area contributed by atoms with E-state index >= 15 is 0 Å². The average molecular weight is 238 g/mol. The maximum absolute atomic E-state index is 11.0. The Morgan fingerprint density at radius 1 is 1.29 bits per heavy atom. The van der Waals surface area contributed by atoms with E-state index in [-0.39, 0.29) is 5.75 Å². The zero-order chi connectivity index (χ0) is 13.1. The van der Waals surface area contributed by atoms with Crippen LogP contribution in [0.4, 0.5) is 4.79 Å². The fourth-order valence-electron chi connectivity index (χ4n) is 1.38. The molecule has 0 aromatic heterocycles. The smallest absolute Gasteiger partial charge is 0.422 e. The molecular weight excluding hydrogens is 220 g/mol. The van der Waals surface area contributed by atoms with Gasteiger partial charge in [-0.1, -0.05) is 12.1 Å². The number of benzene rings is 1. The standard InChI is InChI=1S/C12H18N2O3/c1-12(2,3)14(11(16)17)13-8-9-4-6-10(15)7-5-9/h4-7,13,15H,8H2,1-3H3,(H,16,17). The summed E-state index contributed by atoms with van der Waals surface area (Å²) in [5.41, 5.74) is 3.24. The Bertz CT molecular complexity index is 382. The van der Waals surface area contributed by atoms with Crippen LogP contribution in [-0.2, 0) is 6.54 Å². The second kappa shape index (κ2) is 5.05. The summed E-state index contributed by atoms with van der Waals surface area (Å²) in [5, 5.41) is 19.3. The lowest BCUT2D eigenvalue weighted by molar-refractivity contribution is 0.0624. The highest BCUT2D eigenvalue weighted by molar-refractivity contribution is 5.65. The number of hydrazine groups is 1. The van der Waals surface area contributed by atoms with Crippen LogP contribution in [0.15, 0.2) is 24.3 Å². The van der Waals surface area contributed by atoms with Gasteiger partial charge in [0.05, 0.1) is 5.54 Å². The predicted octanol–water partition coefficient (Wildman–Crippen LogP) is 2.18. The van der Waals surface area contributed by atoms with E-state index in [2.05, 4.69) is 5.43 Å². The third-order valence-corrected chi connectivity index (χ3v) is 2.24. The van der Waals surface area contributed by atoms with Gasteiger partial charge in [-0.3, -0.25) is 0 Å². The molecule has 0 heterocycles. The van der Waals surface area contributed by atoms with Crippen LogP contribution in [0.1, 0.15) is 26.3 Å². The van der Waals surface area contributed by atoms with Crippen LogP contribution >= 0.6 is 0 Å². The number of rotatable bonds is 3. The van der Waals surface area contributed by atoms with Gasteiger partial charge in [0.25, 0.3) is 0 Å². The molecular formula is C12H18N2O3. The van der Waals surface area contributed by atoms with E-state index in [0.717, 1.165) is 5.56 Å². The third kappa shape index (κ3) is 3.96. The fraction of sp³-hybridized carbons (Fsp3) is 0.417. The molecule has 5 heteroatoms. The van der Waals surface area contributed by atoms with Crippen molar-refractivity contribution in [1.29, 1.82) is 0 Å². The topological polar surface area (TPSA) is 72.8 Å². The molecule has 94 valence electrons. The quantitative estimate of drug-likeness (QED) is 0.706. The summed E-state index contributed by atoms with van der Waals surface area (Å²) in [7, 11) is 0. The van der Waals surface area contributed by atoms with Crippen molar-refractivity contribution >= 4 is 6.09 Å². The summed E-state index contributed by atoms with van der Waals surface area (Å²) in [4.78, 5) is 11.0. The van der Waals surface area contributed by atoms with Gasteiger partial charge in [-0.15, -0.1) is 0 Å². The molecule has 0 aliphatic carbocycles. The van der Waals surface area contributed by atoms with Crippen LogP contribution in [0.3, 0.4) is 0 Å². The zero-order valence-corrected chi connectivity index (χ0v) is 10.3. The normalized spacial score (nSPS) is 11.2. The van der Waals surface area contributed by atoms with E-state index in [1.54, 1.807) is 24.3 Å². The van der Waals surface area contributed by atoms with Crippen molar-refractivity contribution in [2.24, 2.45) is 0 Å². The molecule has 1 amide bonds. The summed E-state index contributed by atoms with van der Waals surface area (Å²) in [5.74, 6) is 0.194. The summed E-state index contributed by atoms with van der Waals surface area (Å²) in [6.07, 6.45) is -1.02. The Balaban J connectivity index is 2.65. The molecule has 17 heavy (non-hydrogen) atoms. The van der Waals surface area contributed by atoms with E-state index in [1.807, 2.05) is 20.8 Å². The molecule has 5 nitrogen and oxygen atoms in total. The van der Waals surface area contributed by atoms with Crippen LogP contribution in [0, 0.1) is 0 Å². The first kappa shape index (κ1) is 13.3. The van der Waals surface area contributed by atoms with Crippen molar-refractivity contribution in [2.45, 2.75) is 32.9 Å². The van der Waals surface area contributed by atoms with E-state index in [9.17, 15) is 4.79 Å². The first-order valence-electron chi connectivity index (χ1n) is 5.35. The van der Waals surface area contributed by atoms with Crippen molar-refractivity contribution in [3.63, 3.8) is 0 Å². The molecule has 1 rings (SSSR count). The molecule has 0 saturated carbocycles. The molecule has 0 fully saturated rings. The number of nitrogens with zero attached hydrogens (tertiary/aromatic N) is 1. The number of phenols is 1. The summed E-state index contributed by atoms with van der Waals surface area (Å²) < 4.78 is 0. The largest absolute Gasteiger partial charge is 0.508 e. The molecule has 0 aliphatic heterocycles. The second-order valence-corrected chi connectivity index (χ2v) is 4.79. The summed E-state index contributed by atoms with van der Waals surface area (Å²) in [6, 6.07) is 6.62. The van der Waals surface area contributed by atoms with Gasteiger partial charge >= 0.3 is 6.09 Å². The molecule has 1 aromatic rings. The number of hydrogen-bond donors (Lipinski definition) is 3. The van der Waals surface area contributed by atoms with Crippen LogP contribution in [-0.4, -0.2) is 26.9 Å². The molecule has 0 atom stereocenters. The van der Waals surface area contributed by atoms with Crippen molar-refractivity contribution in [2.75, 3.05) is 0 Å². The van der Waals surface area contributed by atoms with Gasteiger partial charge < -0.3 is 10.2 Å². The minimum atomic E-state index is -1.02. The lowest BCUT2D eigenvalue weighted by Gasteiger charge is -2.33. The molecule has 0 radical (unpaired) electrons. The number of aromatic hydroxyl groups is 1. The highest BCUT2D eigenvalue weighted by Crippen LogP contribution is 2.13. The van der Waals surface area contributed by atoms with Gasteiger partial charge in [-0.25, -0.2) is 15.2 Å². The molecule has 0 bridgehead atoms. The minimum absolute atomic E-state index is 0.194. The Morgan fingerprint density at radius 2 is 1.82 bits per heavy atom. The van der Waals surface area contributed by atoms with Gasteiger partial charge in [-0.2, -0.15) is 0 Å². The number of phenolic OH excluding ortho intramolecular Hbond substituents is 1. The van der Waals surface area contributed by atoms with Crippen molar-refractivity contribution in [3.05, 3.63) is 29.8 Å². The van der Waals surface area contributed by atoms with Gasteiger partial charge in [-0.05, 0) is 38.5 Å². The Kier molecular flexibility index (Phi) is 3.96. The SMILES string of the molecule is CC(C)(C)N(NCc1ccc(O)cc1)C(=O)O. The zero-order valence-electron chi connectivity index (χ0n) is 10.3. The van der Waals surface area contributed by atoms with Crippen LogP contribution < -0.4 is 5.43 Å². The van der Waals surface area contributed by atoms with E-state index in [1.165, 1.54) is 5.01 Å². The maximum Gasteiger partial charge on any atom is 0.422 e. The molecule has 0 saturated heterocycles. The predicted molar refractivity (Wildman–Crippen MR) is 64.6 cm³/mol. The Morgan fingerprint density at radius 3 is 2.24 bits per heavy atom. The first-order chi connectivity index (χ1) is 7.80. The number of amides is 1. The summed E-state index contributed by atoms with van der Waals surface area (Å²) >= 11 is 0. The second-order valence-electron chi connectivity index (χ2n) is 4.79. The average Bonchev–Trinajstić information content (AvgIpc) is 2.18. The third-order valence-electron chi connectivity index (χ3n) is 2.24. The van der Waals surface area contributed by atoms with Gasteiger partial charge in [0.1, 0.15) is 5.75 Å². The number of carboxylic acid groups (broad SMARTS) is 1. The van der Waals surface area contributed by atoms with Gasteiger partial charge in [0.15, 0.2) is 0 Å². The van der Waals surface area contributed by atoms with Gasteiger partial charge in [0, 0.05) is 6.54 Å². The van der Waals surface area contributed by atoms with E-state index in [0.29, 0.717) is 6.54 Å². The maximum atomic E-state index is 11.0. The highest BCUT2D eigenvalue weighted by Gasteiger charge is 2.25. The van der Waals surface area contributed by atoms with E-state index in [4.69, 9.17) is 10.2 Å². The monoisotopic (exact) mass is 238 g/mol. The van der Waals surface area contributed by atoms with Crippen LogP contribution in [0.25, 0.3) is 0 Å². The lowest BCUT2D eigenvalue weighted by Crippen LogP contribution is -2.52. The first-order valence-corrected chi connectivity index (χ1v) is 5.35. The van der Waals surface area contributed by atoms with Crippen molar-refractivity contribution in [3.8, 4) is 5.75 Å². The van der Waals surface area contributed by atoms with Crippen LogP contribution in [0.2, 0.25) is 0 Å². The van der Waals surface area contributed by atoms with Crippen molar-refractivity contribution in [1.82, 2.24) is 10.4 Å². The summed E-state index contributed by atoms with van der Waals surface area (Å²) in [6.45, 7) is 5.82. The molecule has 0 unspecified atom stereocenters. The Labute approximate surface area is 101 Å². The lowest BCUT2D eigenvalue weighted by atomic mass is 10.1. The molecule has 1 aromatic carbocycles.